The lowest BCUT2D eigenvalue weighted by Crippen LogP contribution is -2.53. The van der Waals surface area contributed by atoms with Gasteiger partial charge in [-0.05, 0) is 30.0 Å². The minimum atomic E-state index is -4.05. The van der Waals surface area contributed by atoms with Gasteiger partial charge in [-0.2, -0.15) is 17.4 Å². The number of aliphatic hydroxyl groups excluding tert-OH is 1. The number of rotatable bonds is 14. The van der Waals surface area contributed by atoms with Crippen molar-refractivity contribution in [2.24, 2.45) is 5.92 Å². The zero-order valence-electron chi connectivity index (χ0n) is 24.6. The highest BCUT2D eigenvalue weighted by atomic mass is 32.2. The average molecular weight is 643 g/mol. The van der Waals surface area contributed by atoms with Crippen LogP contribution >= 0.6 is 11.3 Å². The first-order valence-corrected chi connectivity index (χ1v) is 16.8. The summed E-state index contributed by atoms with van der Waals surface area (Å²) >= 11 is 1.22. The highest BCUT2D eigenvalue weighted by Crippen LogP contribution is 2.29. The molecule has 0 saturated heterocycles. The zero-order valence-corrected chi connectivity index (χ0v) is 26.3. The number of carbonyl (C=O) groups is 3. The number of nitrogens with zero attached hydrogens (tertiary/aromatic N) is 3. The number of pyridine rings is 1. The Balaban J connectivity index is 1.61. The van der Waals surface area contributed by atoms with Gasteiger partial charge in [-0.3, -0.25) is 19.4 Å². The molecule has 2 amide bonds. The summed E-state index contributed by atoms with van der Waals surface area (Å²) in [6.07, 6.45) is 6.74. The number of hydrogen-bond acceptors (Lipinski definition) is 9. The molecular formula is C30H38N6O6S2. The van der Waals surface area contributed by atoms with E-state index >= 15 is 0 Å². The zero-order chi connectivity index (χ0) is 31.7. The summed E-state index contributed by atoms with van der Waals surface area (Å²) in [4.78, 5) is 49.0. The molecule has 4 atom stereocenters. The second-order valence-electron chi connectivity index (χ2n) is 11.0. The summed E-state index contributed by atoms with van der Waals surface area (Å²) in [5, 5.41) is 18.3. The molecule has 0 radical (unpaired) electrons. The summed E-state index contributed by atoms with van der Waals surface area (Å²) in [5.74, 6) is -1.82. The van der Waals surface area contributed by atoms with Crippen LogP contribution in [0.5, 0.6) is 0 Å². The van der Waals surface area contributed by atoms with Gasteiger partial charge >= 0.3 is 0 Å². The maximum Gasteiger partial charge on any atom is 0.279 e. The molecule has 4 N–H and O–H groups in total. The lowest BCUT2D eigenvalue weighted by atomic mass is 9.82. The molecule has 0 spiro atoms. The van der Waals surface area contributed by atoms with Crippen LogP contribution in [0.4, 0.5) is 0 Å². The first-order valence-electron chi connectivity index (χ1n) is 14.4. The monoisotopic (exact) mass is 642 g/mol. The number of aliphatic hydroxyl groups is 1. The van der Waals surface area contributed by atoms with Crippen LogP contribution in [0.15, 0.2) is 65.7 Å². The van der Waals surface area contributed by atoms with E-state index in [-0.39, 0.29) is 17.2 Å². The fourth-order valence-electron chi connectivity index (χ4n) is 5.22. The molecule has 1 aromatic carbocycles. The molecule has 236 valence electrons. The number of carbonyl (C=O) groups excluding carboxylic acids is 3. The standard InChI is InChI=1S/C30H38N6O6S2/c1-36(2)44(41,42)35-25(21-11-7-4-8-12-21)29(39)34-26(24-18-43-19-32-24)30(40)33-23(17-20-9-5-3-6-10-20)28(38)27(37)22-13-15-31-16-14-22/h4,7-8,11-16,18-20,23,25-26,28,35,38H,3,5-6,9-10,17H2,1-2H3,(H,33,40)(H,34,39). The van der Waals surface area contributed by atoms with Gasteiger partial charge < -0.3 is 15.7 Å². The molecule has 1 aliphatic rings. The number of ketones is 1. The molecule has 1 aliphatic carbocycles. The Kier molecular flexibility index (Phi) is 11.7. The minimum absolute atomic E-state index is 0.198. The second kappa shape index (κ2) is 15.4. The predicted octanol–water partition coefficient (Wildman–Crippen LogP) is 2.53. The van der Waals surface area contributed by atoms with Crippen LogP contribution in [0.2, 0.25) is 0 Å². The van der Waals surface area contributed by atoms with Gasteiger partial charge in [-0.25, -0.2) is 4.98 Å². The Morgan fingerprint density at radius 2 is 1.64 bits per heavy atom. The van der Waals surface area contributed by atoms with Gasteiger partial charge in [0.15, 0.2) is 11.8 Å². The minimum Gasteiger partial charge on any atom is -0.383 e. The van der Waals surface area contributed by atoms with Crippen LogP contribution in [-0.4, -0.2) is 71.6 Å². The van der Waals surface area contributed by atoms with Crippen LogP contribution in [0.25, 0.3) is 0 Å². The lowest BCUT2D eigenvalue weighted by Gasteiger charge is -2.31. The molecule has 4 rings (SSSR count). The molecule has 12 nitrogen and oxygen atoms in total. The average Bonchev–Trinajstić information content (AvgIpc) is 3.57. The van der Waals surface area contributed by atoms with Gasteiger partial charge in [-0.15, -0.1) is 11.3 Å². The van der Waals surface area contributed by atoms with E-state index in [1.165, 1.54) is 55.5 Å². The van der Waals surface area contributed by atoms with E-state index in [1.54, 1.807) is 35.7 Å². The van der Waals surface area contributed by atoms with Crippen LogP contribution in [0.1, 0.15) is 72.2 Å². The van der Waals surface area contributed by atoms with E-state index in [0.717, 1.165) is 36.4 Å². The Morgan fingerprint density at radius 3 is 2.25 bits per heavy atom. The second-order valence-corrected chi connectivity index (χ2v) is 13.6. The van der Waals surface area contributed by atoms with E-state index in [2.05, 4.69) is 25.3 Å². The fourth-order valence-corrected chi connectivity index (χ4v) is 6.55. The van der Waals surface area contributed by atoms with Crippen LogP contribution in [-0.2, 0) is 19.8 Å². The smallest absolute Gasteiger partial charge is 0.279 e. The van der Waals surface area contributed by atoms with Crippen LogP contribution in [0.3, 0.4) is 0 Å². The Bertz CT molecular complexity index is 1480. The van der Waals surface area contributed by atoms with Crippen molar-refractivity contribution in [3.8, 4) is 0 Å². The molecule has 14 heteroatoms. The van der Waals surface area contributed by atoms with Crippen molar-refractivity contribution in [2.75, 3.05) is 14.1 Å². The highest BCUT2D eigenvalue weighted by Gasteiger charge is 2.36. The van der Waals surface area contributed by atoms with E-state index < -0.39 is 52.0 Å². The number of thiazole rings is 1. The molecule has 0 aliphatic heterocycles. The molecule has 1 fully saturated rings. The first kappa shape index (κ1) is 33.3. The van der Waals surface area contributed by atoms with E-state index in [4.69, 9.17) is 0 Å². The van der Waals surface area contributed by atoms with Crippen molar-refractivity contribution in [1.82, 2.24) is 29.6 Å². The molecule has 4 unspecified atom stereocenters. The quantitative estimate of drug-likeness (QED) is 0.194. The van der Waals surface area contributed by atoms with Crippen molar-refractivity contribution >= 4 is 39.1 Å². The number of Topliss-reactive ketones (excluding diaryl/α,β-unsaturated/α-hetero) is 1. The molecule has 1 saturated carbocycles. The van der Waals surface area contributed by atoms with E-state index in [0.29, 0.717) is 12.0 Å². The molecule has 3 aromatic rings. The van der Waals surface area contributed by atoms with Crippen molar-refractivity contribution < 1.29 is 27.9 Å². The van der Waals surface area contributed by atoms with Crippen LogP contribution in [0, 0.1) is 5.92 Å². The number of hydrogen-bond donors (Lipinski definition) is 4. The molecular weight excluding hydrogens is 605 g/mol. The lowest BCUT2D eigenvalue weighted by molar-refractivity contribution is -0.131. The third-order valence-electron chi connectivity index (χ3n) is 7.69. The number of benzene rings is 1. The van der Waals surface area contributed by atoms with Crippen molar-refractivity contribution in [3.05, 3.63) is 82.6 Å². The van der Waals surface area contributed by atoms with E-state index in [9.17, 15) is 27.9 Å². The summed E-state index contributed by atoms with van der Waals surface area (Å²) in [6, 6.07) is 7.63. The SMILES string of the molecule is CN(C)S(=O)(=O)NC(C(=O)NC(C(=O)NC(CC1CCCCC1)C(O)C(=O)c1ccncc1)c1cscn1)c1ccccc1. The van der Waals surface area contributed by atoms with Crippen LogP contribution < -0.4 is 15.4 Å². The number of amides is 2. The first-order chi connectivity index (χ1) is 21.1. The third kappa shape index (κ3) is 8.76. The molecule has 2 aromatic heterocycles. The topological polar surface area (TPSA) is 171 Å². The third-order valence-corrected chi connectivity index (χ3v) is 9.79. The summed E-state index contributed by atoms with van der Waals surface area (Å²) < 4.78 is 28.8. The number of aromatic nitrogens is 2. The van der Waals surface area contributed by atoms with Crippen molar-refractivity contribution in [3.63, 3.8) is 0 Å². The van der Waals surface area contributed by atoms with Crippen molar-refractivity contribution in [1.29, 1.82) is 0 Å². The Morgan fingerprint density at radius 1 is 0.977 bits per heavy atom. The fraction of sp³-hybridized carbons (Fsp3) is 0.433. The van der Waals surface area contributed by atoms with E-state index in [1.807, 2.05) is 0 Å². The highest BCUT2D eigenvalue weighted by molar-refractivity contribution is 7.87. The summed E-state index contributed by atoms with van der Waals surface area (Å²) in [6.45, 7) is 0. The largest absolute Gasteiger partial charge is 0.383 e. The Labute approximate surface area is 261 Å². The molecule has 0 bridgehead atoms. The molecule has 44 heavy (non-hydrogen) atoms. The Hall–Kier alpha value is -3.56. The maximum absolute atomic E-state index is 13.9. The normalized spacial score (nSPS) is 16.9. The van der Waals surface area contributed by atoms with Gasteiger partial charge in [0, 0.05) is 37.4 Å². The van der Waals surface area contributed by atoms with Gasteiger partial charge in [0.05, 0.1) is 17.2 Å². The summed E-state index contributed by atoms with van der Waals surface area (Å²) in [7, 11) is -1.39. The van der Waals surface area contributed by atoms with Gasteiger partial charge in [0.25, 0.3) is 10.2 Å². The van der Waals surface area contributed by atoms with Gasteiger partial charge in [0.2, 0.25) is 11.8 Å². The van der Waals surface area contributed by atoms with Crippen molar-refractivity contribution in [2.45, 2.75) is 62.8 Å². The van der Waals surface area contributed by atoms with Gasteiger partial charge in [0.1, 0.15) is 12.1 Å². The molecule has 2 heterocycles. The maximum atomic E-state index is 13.9. The van der Waals surface area contributed by atoms with Gasteiger partial charge in [-0.1, -0.05) is 62.4 Å². The predicted molar refractivity (Wildman–Crippen MR) is 166 cm³/mol. The number of nitrogens with one attached hydrogen (secondary N) is 3. The summed E-state index contributed by atoms with van der Waals surface area (Å²) in [5.41, 5.74) is 2.36.